The molecule has 1 aromatic rings. The van der Waals surface area contributed by atoms with Gasteiger partial charge in [-0.15, -0.1) is 0 Å². The molecule has 3 heteroatoms. The highest BCUT2D eigenvalue weighted by atomic mass is 16.5. The lowest BCUT2D eigenvalue weighted by Gasteiger charge is -2.26. The molecule has 0 aromatic carbocycles. The van der Waals surface area contributed by atoms with Gasteiger partial charge in [0.2, 0.25) is 0 Å². The fraction of sp³-hybridized carbons (Fsp3) is 0.667. The highest BCUT2D eigenvalue weighted by molar-refractivity contribution is 5.03. The normalized spacial score (nSPS) is 18.2. The average molecular weight is 166 g/mol. The van der Waals surface area contributed by atoms with Crippen LogP contribution in [0.1, 0.15) is 31.5 Å². The molecule has 0 amide bonds. The monoisotopic (exact) mass is 166 g/mol. The van der Waals surface area contributed by atoms with Gasteiger partial charge in [0.05, 0.1) is 31.3 Å². The zero-order valence-corrected chi connectivity index (χ0v) is 7.53. The van der Waals surface area contributed by atoms with Crippen molar-refractivity contribution in [1.29, 1.82) is 0 Å². The van der Waals surface area contributed by atoms with Crippen LogP contribution < -0.4 is 0 Å². The predicted octanol–water partition coefficient (Wildman–Crippen LogP) is 1.58. The van der Waals surface area contributed by atoms with E-state index in [0.29, 0.717) is 12.0 Å². The van der Waals surface area contributed by atoms with Gasteiger partial charge in [0.1, 0.15) is 0 Å². The quantitative estimate of drug-likeness (QED) is 0.667. The summed E-state index contributed by atoms with van der Waals surface area (Å²) in [5.41, 5.74) is 1.17. The second-order valence-electron chi connectivity index (χ2n) is 3.59. The Morgan fingerprint density at radius 1 is 1.58 bits per heavy atom. The van der Waals surface area contributed by atoms with Gasteiger partial charge in [-0.05, 0) is 5.92 Å². The van der Waals surface area contributed by atoms with Gasteiger partial charge in [0, 0.05) is 6.20 Å². The van der Waals surface area contributed by atoms with Crippen molar-refractivity contribution in [3.63, 3.8) is 0 Å². The molecular formula is C9H14N2O. The van der Waals surface area contributed by atoms with Crippen LogP contribution in [0.2, 0.25) is 0 Å². The van der Waals surface area contributed by atoms with Crippen LogP contribution in [-0.4, -0.2) is 22.8 Å². The van der Waals surface area contributed by atoms with E-state index < -0.39 is 0 Å². The molecule has 1 fully saturated rings. The molecule has 0 aliphatic carbocycles. The molecule has 12 heavy (non-hydrogen) atoms. The molecule has 1 aliphatic rings. The number of rotatable bonds is 2. The summed E-state index contributed by atoms with van der Waals surface area (Å²) in [5.74, 6) is 0.521. The van der Waals surface area contributed by atoms with E-state index in [1.807, 2.05) is 6.33 Å². The van der Waals surface area contributed by atoms with Gasteiger partial charge in [-0.2, -0.15) is 0 Å². The SMILES string of the molecule is CC(C)c1cn(C2COC2)cn1. The van der Waals surface area contributed by atoms with Crippen molar-refractivity contribution in [2.75, 3.05) is 13.2 Å². The Balaban J connectivity index is 2.12. The third-order valence-electron chi connectivity index (χ3n) is 2.26. The second-order valence-corrected chi connectivity index (χ2v) is 3.59. The highest BCUT2D eigenvalue weighted by Gasteiger charge is 2.20. The van der Waals surface area contributed by atoms with Crippen molar-refractivity contribution in [1.82, 2.24) is 9.55 Å². The van der Waals surface area contributed by atoms with E-state index in [0.717, 1.165) is 13.2 Å². The average Bonchev–Trinajstić information content (AvgIpc) is 2.32. The number of hydrogen-bond donors (Lipinski definition) is 0. The minimum atomic E-state index is 0.521. The highest BCUT2D eigenvalue weighted by Crippen LogP contribution is 2.19. The van der Waals surface area contributed by atoms with E-state index in [-0.39, 0.29) is 0 Å². The lowest BCUT2D eigenvalue weighted by atomic mass is 10.1. The van der Waals surface area contributed by atoms with Crippen LogP contribution in [0.25, 0.3) is 0 Å². The maximum atomic E-state index is 5.11. The summed E-state index contributed by atoms with van der Waals surface area (Å²) in [7, 11) is 0. The molecule has 2 heterocycles. The molecule has 0 bridgehead atoms. The third kappa shape index (κ3) is 1.25. The Bertz CT molecular complexity index is 263. The molecule has 1 aromatic heterocycles. The van der Waals surface area contributed by atoms with Crippen LogP contribution in [0.15, 0.2) is 12.5 Å². The van der Waals surface area contributed by atoms with Gasteiger partial charge in [0.25, 0.3) is 0 Å². The van der Waals surface area contributed by atoms with Crippen LogP contribution >= 0.6 is 0 Å². The van der Waals surface area contributed by atoms with Gasteiger partial charge in [-0.25, -0.2) is 4.98 Å². The lowest BCUT2D eigenvalue weighted by Crippen LogP contribution is -2.29. The molecule has 0 N–H and O–H groups in total. The minimum absolute atomic E-state index is 0.521. The summed E-state index contributed by atoms with van der Waals surface area (Å²) >= 11 is 0. The number of imidazole rings is 1. The van der Waals surface area contributed by atoms with Crippen molar-refractivity contribution < 1.29 is 4.74 Å². The summed E-state index contributed by atoms with van der Waals surface area (Å²) in [6.45, 7) is 6.00. The van der Waals surface area contributed by atoms with Gasteiger partial charge in [-0.3, -0.25) is 0 Å². The minimum Gasteiger partial charge on any atom is -0.377 e. The second kappa shape index (κ2) is 2.90. The first-order chi connectivity index (χ1) is 5.77. The topological polar surface area (TPSA) is 27.1 Å². The summed E-state index contributed by atoms with van der Waals surface area (Å²) in [6, 6.07) is 0.532. The molecule has 0 spiro atoms. The summed E-state index contributed by atoms with van der Waals surface area (Å²) in [4.78, 5) is 4.33. The van der Waals surface area contributed by atoms with E-state index in [2.05, 4.69) is 29.6 Å². The fourth-order valence-electron chi connectivity index (χ4n) is 1.25. The Morgan fingerprint density at radius 2 is 2.33 bits per heavy atom. The summed E-state index contributed by atoms with van der Waals surface area (Å²) < 4.78 is 7.26. The van der Waals surface area contributed by atoms with Gasteiger partial charge in [-0.1, -0.05) is 13.8 Å². The molecule has 1 aliphatic heterocycles. The predicted molar refractivity (Wildman–Crippen MR) is 46.2 cm³/mol. The van der Waals surface area contributed by atoms with Crippen molar-refractivity contribution in [3.05, 3.63) is 18.2 Å². The molecule has 0 atom stereocenters. The standard InChI is InChI=1S/C9H14N2O/c1-7(2)9-3-11(6-10-9)8-4-12-5-8/h3,6-8H,4-5H2,1-2H3. The summed E-state index contributed by atoms with van der Waals surface area (Å²) in [6.07, 6.45) is 4.03. The van der Waals surface area contributed by atoms with E-state index in [1.54, 1.807) is 0 Å². The first kappa shape index (κ1) is 7.80. The van der Waals surface area contributed by atoms with E-state index in [9.17, 15) is 0 Å². The molecule has 66 valence electrons. The number of nitrogens with zero attached hydrogens (tertiary/aromatic N) is 2. The Hall–Kier alpha value is -0.830. The zero-order chi connectivity index (χ0) is 8.55. The first-order valence-corrected chi connectivity index (χ1v) is 4.38. The van der Waals surface area contributed by atoms with Gasteiger partial charge < -0.3 is 9.30 Å². The van der Waals surface area contributed by atoms with E-state index in [1.165, 1.54) is 5.69 Å². The number of ether oxygens (including phenoxy) is 1. The molecular weight excluding hydrogens is 152 g/mol. The van der Waals surface area contributed by atoms with E-state index >= 15 is 0 Å². The maximum absolute atomic E-state index is 5.11. The fourth-order valence-corrected chi connectivity index (χ4v) is 1.25. The van der Waals surface area contributed by atoms with Crippen LogP contribution in [0.4, 0.5) is 0 Å². The smallest absolute Gasteiger partial charge is 0.0953 e. The molecule has 0 saturated carbocycles. The van der Waals surface area contributed by atoms with E-state index in [4.69, 9.17) is 4.74 Å². The first-order valence-electron chi connectivity index (χ1n) is 4.38. The van der Waals surface area contributed by atoms with Gasteiger partial charge in [0.15, 0.2) is 0 Å². The Labute approximate surface area is 72.4 Å². The Kier molecular flexibility index (Phi) is 1.89. The molecule has 1 saturated heterocycles. The maximum Gasteiger partial charge on any atom is 0.0953 e. The molecule has 0 unspecified atom stereocenters. The van der Waals surface area contributed by atoms with Crippen LogP contribution in [-0.2, 0) is 4.74 Å². The molecule has 3 nitrogen and oxygen atoms in total. The van der Waals surface area contributed by atoms with Crippen LogP contribution in [0, 0.1) is 0 Å². The van der Waals surface area contributed by atoms with Crippen molar-refractivity contribution >= 4 is 0 Å². The van der Waals surface area contributed by atoms with Gasteiger partial charge >= 0.3 is 0 Å². The summed E-state index contributed by atoms with van der Waals surface area (Å²) in [5, 5.41) is 0. The van der Waals surface area contributed by atoms with Crippen LogP contribution in [0.3, 0.4) is 0 Å². The number of aromatic nitrogens is 2. The van der Waals surface area contributed by atoms with Crippen molar-refractivity contribution in [2.45, 2.75) is 25.8 Å². The molecule has 2 rings (SSSR count). The molecule has 0 radical (unpaired) electrons. The Morgan fingerprint density at radius 3 is 2.75 bits per heavy atom. The number of hydrogen-bond acceptors (Lipinski definition) is 2. The lowest BCUT2D eigenvalue weighted by molar-refractivity contribution is -0.0234. The largest absolute Gasteiger partial charge is 0.377 e. The van der Waals surface area contributed by atoms with Crippen molar-refractivity contribution in [3.8, 4) is 0 Å². The van der Waals surface area contributed by atoms with Crippen LogP contribution in [0.5, 0.6) is 0 Å². The third-order valence-corrected chi connectivity index (χ3v) is 2.26. The van der Waals surface area contributed by atoms with Crippen molar-refractivity contribution in [2.24, 2.45) is 0 Å². The zero-order valence-electron chi connectivity index (χ0n) is 7.53.